The minimum atomic E-state index is -1.18. The molecule has 2 rings (SSSR count). The fourth-order valence-corrected chi connectivity index (χ4v) is 2.35. The monoisotopic (exact) mass is 277 g/mol. The van der Waals surface area contributed by atoms with Crippen molar-refractivity contribution in [2.24, 2.45) is 5.41 Å². The molecule has 0 atom stereocenters. The summed E-state index contributed by atoms with van der Waals surface area (Å²) in [5.41, 5.74) is -0.107. The molecule has 0 bridgehead atoms. The zero-order chi connectivity index (χ0) is 14.6. The van der Waals surface area contributed by atoms with Crippen LogP contribution in [0.25, 0.3) is 0 Å². The summed E-state index contributed by atoms with van der Waals surface area (Å²) in [5.74, 6) is -0.576. The van der Waals surface area contributed by atoms with Gasteiger partial charge in [0.25, 0.3) is 0 Å². The van der Waals surface area contributed by atoms with Crippen LogP contribution in [0.4, 0.5) is 0 Å². The van der Waals surface area contributed by atoms with Crippen LogP contribution in [0.2, 0.25) is 0 Å². The second kappa shape index (κ2) is 5.94. The molecule has 0 spiro atoms. The van der Waals surface area contributed by atoms with Gasteiger partial charge in [0.15, 0.2) is 0 Å². The Morgan fingerprint density at radius 2 is 1.95 bits per heavy atom. The number of aliphatic carboxylic acids is 1. The Morgan fingerprint density at radius 3 is 2.40 bits per heavy atom. The molecule has 1 aromatic rings. The van der Waals surface area contributed by atoms with E-state index in [0.717, 1.165) is 17.7 Å². The molecule has 0 unspecified atom stereocenters. The lowest BCUT2D eigenvalue weighted by Gasteiger charge is -2.35. The Kier molecular flexibility index (Phi) is 4.27. The van der Waals surface area contributed by atoms with E-state index in [-0.39, 0.29) is 5.91 Å². The third kappa shape index (κ3) is 2.76. The molecule has 0 radical (unpaired) electrons. The average Bonchev–Trinajstić information content (AvgIpc) is 2.37. The third-order valence-electron chi connectivity index (χ3n) is 3.91. The van der Waals surface area contributed by atoms with Crippen LogP contribution in [0.15, 0.2) is 24.3 Å². The number of rotatable bonds is 6. The summed E-state index contributed by atoms with van der Waals surface area (Å²) in [4.78, 5) is 23.1. The maximum absolute atomic E-state index is 12.0. The molecule has 5 heteroatoms. The van der Waals surface area contributed by atoms with Crippen LogP contribution < -0.4 is 10.1 Å². The highest BCUT2D eigenvalue weighted by atomic mass is 16.5. The fraction of sp³-hybridized carbons (Fsp3) is 0.467. The average molecular weight is 277 g/mol. The largest absolute Gasteiger partial charge is 0.497 e. The third-order valence-corrected chi connectivity index (χ3v) is 3.91. The van der Waals surface area contributed by atoms with E-state index in [1.165, 1.54) is 0 Å². The predicted molar refractivity (Wildman–Crippen MR) is 73.6 cm³/mol. The molecular weight excluding hydrogens is 258 g/mol. The van der Waals surface area contributed by atoms with Gasteiger partial charge in [0.2, 0.25) is 5.91 Å². The van der Waals surface area contributed by atoms with Gasteiger partial charge in [0.05, 0.1) is 7.11 Å². The summed E-state index contributed by atoms with van der Waals surface area (Å²) in [7, 11) is 1.61. The van der Waals surface area contributed by atoms with Crippen LogP contribution in [0.5, 0.6) is 5.75 Å². The van der Waals surface area contributed by atoms with Gasteiger partial charge in [-0.25, -0.2) is 0 Å². The van der Waals surface area contributed by atoms with Crippen molar-refractivity contribution in [1.82, 2.24) is 5.32 Å². The second-order valence-corrected chi connectivity index (χ2v) is 5.09. The quantitative estimate of drug-likeness (QED) is 0.775. The van der Waals surface area contributed by atoms with Crippen molar-refractivity contribution in [2.45, 2.75) is 25.7 Å². The van der Waals surface area contributed by atoms with Crippen LogP contribution in [-0.2, 0) is 16.0 Å². The molecule has 5 nitrogen and oxygen atoms in total. The Labute approximate surface area is 117 Å². The molecule has 0 aliphatic heterocycles. The standard InChI is InChI=1S/C15H19NO4/c1-20-12-5-3-11(4-6-12)7-10-16-13(17)15(14(18)19)8-2-9-15/h3-6H,2,7-10H2,1H3,(H,16,17)(H,18,19). The zero-order valence-electron chi connectivity index (χ0n) is 11.5. The first-order valence-electron chi connectivity index (χ1n) is 6.73. The Bertz CT molecular complexity index is 491. The maximum Gasteiger partial charge on any atom is 0.319 e. The molecule has 1 amide bonds. The lowest BCUT2D eigenvalue weighted by Crippen LogP contribution is -2.51. The number of nitrogens with one attached hydrogen (secondary N) is 1. The number of hydrogen-bond acceptors (Lipinski definition) is 3. The van der Waals surface area contributed by atoms with Gasteiger partial charge in [-0.2, -0.15) is 0 Å². The Morgan fingerprint density at radius 1 is 1.30 bits per heavy atom. The van der Waals surface area contributed by atoms with Gasteiger partial charge < -0.3 is 15.2 Å². The molecule has 2 N–H and O–H groups in total. The van der Waals surface area contributed by atoms with Crippen molar-refractivity contribution in [3.05, 3.63) is 29.8 Å². The van der Waals surface area contributed by atoms with Crippen molar-refractivity contribution in [1.29, 1.82) is 0 Å². The van der Waals surface area contributed by atoms with Gasteiger partial charge in [0.1, 0.15) is 11.2 Å². The van der Waals surface area contributed by atoms with E-state index >= 15 is 0 Å². The first-order valence-corrected chi connectivity index (χ1v) is 6.73. The van der Waals surface area contributed by atoms with Crippen molar-refractivity contribution in [2.75, 3.05) is 13.7 Å². The van der Waals surface area contributed by atoms with Crippen molar-refractivity contribution < 1.29 is 19.4 Å². The summed E-state index contributed by atoms with van der Waals surface area (Å²) >= 11 is 0. The summed E-state index contributed by atoms with van der Waals surface area (Å²) in [5, 5.41) is 11.9. The highest BCUT2D eigenvalue weighted by molar-refractivity contribution is 6.02. The molecule has 1 aliphatic rings. The predicted octanol–water partition coefficient (Wildman–Crippen LogP) is 1.61. The number of carboxylic acid groups (broad SMARTS) is 1. The molecule has 108 valence electrons. The Hall–Kier alpha value is -2.04. The molecule has 1 saturated carbocycles. The highest BCUT2D eigenvalue weighted by Crippen LogP contribution is 2.41. The van der Waals surface area contributed by atoms with Crippen molar-refractivity contribution >= 4 is 11.9 Å². The van der Waals surface area contributed by atoms with Gasteiger partial charge in [0, 0.05) is 6.54 Å². The van der Waals surface area contributed by atoms with Gasteiger partial charge in [-0.1, -0.05) is 18.6 Å². The van der Waals surface area contributed by atoms with Crippen LogP contribution in [0.1, 0.15) is 24.8 Å². The van der Waals surface area contributed by atoms with E-state index in [2.05, 4.69) is 5.32 Å². The Balaban J connectivity index is 1.83. The van der Waals surface area contributed by atoms with Crippen LogP contribution >= 0.6 is 0 Å². The molecule has 20 heavy (non-hydrogen) atoms. The summed E-state index contributed by atoms with van der Waals surface area (Å²) in [6.07, 6.45) is 2.36. The number of ether oxygens (including phenoxy) is 1. The van der Waals surface area contributed by atoms with Crippen LogP contribution in [-0.4, -0.2) is 30.6 Å². The SMILES string of the molecule is COc1ccc(CCNC(=O)C2(C(=O)O)CCC2)cc1. The van der Waals surface area contributed by atoms with Crippen molar-refractivity contribution in [3.63, 3.8) is 0 Å². The van der Waals surface area contributed by atoms with Gasteiger partial charge >= 0.3 is 5.97 Å². The van der Waals surface area contributed by atoms with E-state index in [0.29, 0.717) is 25.8 Å². The van der Waals surface area contributed by atoms with Crippen molar-refractivity contribution in [3.8, 4) is 5.75 Å². The normalized spacial score (nSPS) is 16.1. The minimum absolute atomic E-state index is 0.357. The number of carboxylic acids is 1. The summed E-state index contributed by atoms with van der Waals surface area (Å²) in [6, 6.07) is 7.59. The lowest BCUT2D eigenvalue weighted by molar-refractivity contribution is -0.162. The molecule has 0 heterocycles. The highest BCUT2D eigenvalue weighted by Gasteiger charge is 2.50. The molecule has 0 saturated heterocycles. The van der Waals surface area contributed by atoms with E-state index < -0.39 is 11.4 Å². The molecule has 0 aromatic heterocycles. The van der Waals surface area contributed by atoms with E-state index in [1.54, 1.807) is 7.11 Å². The van der Waals surface area contributed by atoms with Crippen LogP contribution in [0, 0.1) is 5.41 Å². The smallest absolute Gasteiger partial charge is 0.319 e. The first-order chi connectivity index (χ1) is 9.58. The molecule has 1 aromatic carbocycles. The van der Waals surface area contributed by atoms with Gasteiger partial charge in [-0.3, -0.25) is 9.59 Å². The number of carbonyl (C=O) groups is 2. The van der Waals surface area contributed by atoms with E-state index in [9.17, 15) is 9.59 Å². The first kappa shape index (κ1) is 14.4. The number of hydrogen-bond donors (Lipinski definition) is 2. The lowest BCUT2D eigenvalue weighted by atomic mass is 9.68. The second-order valence-electron chi connectivity index (χ2n) is 5.09. The number of amides is 1. The van der Waals surface area contributed by atoms with E-state index in [4.69, 9.17) is 9.84 Å². The van der Waals surface area contributed by atoms with Gasteiger partial charge in [-0.05, 0) is 37.0 Å². The minimum Gasteiger partial charge on any atom is -0.497 e. The maximum atomic E-state index is 12.0. The zero-order valence-corrected chi connectivity index (χ0v) is 11.5. The van der Waals surface area contributed by atoms with Gasteiger partial charge in [-0.15, -0.1) is 0 Å². The van der Waals surface area contributed by atoms with Crippen LogP contribution in [0.3, 0.4) is 0 Å². The number of benzene rings is 1. The van der Waals surface area contributed by atoms with E-state index in [1.807, 2.05) is 24.3 Å². The number of carbonyl (C=O) groups excluding carboxylic acids is 1. The number of methoxy groups -OCH3 is 1. The molecular formula is C15H19NO4. The topological polar surface area (TPSA) is 75.6 Å². The fourth-order valence-electron chi connectivity index (χ4n) is 2.35. The summed E-state index contributed by atoms with van der Waals surface area (Å²) < 4.78 is 5.07. The molecule has 1 fully saturated rings. The molecule has 1 aliphatic carbocycles. The summed E-state index contributed by atoms with van der Waals surface area (Å²) in [6.45, 7) is 0.445.